The molecule has 0 saturated heterocycles. The number of nitrogens with zero attached hydrogens (tertiary/aromatic N) is 2. The maximum atomic E-state index is 14.0. The second kappa shape index (κ2) is 6.25. The van der Waals surface area contributed by atoms with E-state index >= 15 is 0 Å². The van der Waals surface area contributed by atoms with Crippen molar-refractivity contribution in [2.75, 3.05) is 7.11 Å². The maximum Gasteiger partial charge on any atom is 0.358 e. The SMILES string of the molecule is COC(=O)c1nc(-c2cc([N+](=O)[O-])c(Cl)cc2F)ccc1Cl. The number of hydrogen-bond acceptors (Lipinski definition) is 5. The summed E-state index contributed by atoms with van der Waals surface area (Å²) >= 11 is 11.4. The number of nitro benzene ring substituents is 1. The van der Waals surface area contributed by atoms with Gasteiger partial charge in [-0.1, -0.05) is 23.2 Å². The summed E-state index contributed by atoms with van der Waals surface area (Å²) in [4.78, 5) is 25.6. The number of carbonyl (C=O) groups excluding carboxylic acids is 1. The third-order valence-electron chi connectivity index (χ3n) is 2.73. The minimum Gasteiger partial charge on any atom is -0.464 e. The second-order valence-electron chi connectivity index (χ2n) is 4.06. The summed E-state index contributed by atoms with van der Waals surface area (Å²) in [6, 6.07) is 4.39. The van der Waals surface area contributed by atoms with Crippen LogP contribution in [0.15, 0.2) is 24.3 Å². The Morgan fingerprint density at radius 2 is 2.00 bits per heavy atom. The molecule has 0 fully saturated rings. The van der Waals surface area contributed by atoms with Gasteiger partial charge in [-0.2, -0.15) is 0 Å². The first-order valence-corrected chi connectivity index (χ1v) is 6.49. The molecule has 0 aliphatic rings. The third kappa shape index (κ3) is 3.00. The molecule has 0 saturated carbocycles. The van der Waals surface area contributed by atoms with E-state index in [9.17, 15) is 19.3 Å². The van der Waals surface area contributed by atoms with E-state index in [1.807, 2.05) is 0 Å². The molecule has 1 aromatic heterocycles. The number of aromatic nitrogens is 1. The van der Waals surface area contributed by atoms with Crippen molar-refractivity contribution in [2.24, 2.45) is 0 Å². The summed E-state index contributed by atoms with van der Waals surface area (Å²) in [7, 11) is 1.14. The summed E-state index contributed by atoms with van der Waals surface area (Å²) in [5.74, 6) is -1.63. The number of methoxy groups -OCH3 is 1. The maximum absolute atomic E-state index is 14.0. The van der Waals surface area contributed by atoms with Crippen LogP contribution in [0, 0.1) is 15.9 Å². The second-order valence-corrected chi connectivity index (χ2v) is 4.87. The molecule has 114 valence electrons. The topological polar surface area (TPSA) is 82.3 Å². The quantitative estimate of drug-likeness (QED) is 0.479. The van der Waals surface area contributed by atoms with Crippen LogP contribution in [0.4, 0.5) is 10.1 Å². The fraction of sp³-hybridized carbons (Fsp3) is 0.0769. The lowest BCUT2D eigenvalue weighted by atomic mass is 10.1. The molecule has 2 rings (SSSR count). The molecule has 0 amide bonds. The smallest absolute Gasteiger partial charge is 0.358 e. The predicted octanol–water partition coefficient (Wildman–Crippen LogP) is 3.89. The van der Waals surface area contributed by atoms with E-state index in [2.05, 4.69) is 9.72 Å². The largest absolute Gasteiger partial charge is 0.464 e. The normalized spacial score (nSPS) is 10.4. The predicted molar refractivity (Wildman–Crippen MR) is 77.6 cm³/mol. The Hall–Kier alpha value is -2.25. The molecule has 0 bridgehead atoms. The van der Waals surface area contributed by atoms with Gasteiger partial charge in [0.2, 0.25) is 0 Å². The van der Waals surface area contributed by atoms with Gasteiger partial charge in [0.05, 0.1) is 22.7 Å². The molecule has 1 heterocycles. The molecular formula is C13H7Cl2FN2O4. The van der Waals surface area contributed by atoms with Crippen LogP contribution in [0.3, 0.4) is 0 Å². The van der Waals surface area contributed by atoms with E-state index in [1.165, 1.54) is 12.1 Å². The number of rotatable bonds is 3. The zero-order valence-electron chi connectivity index (χ0n) is 11.0. The van der Waals surface area contributed by atoms with E-state index in [1.54, 1.807) is 0 Å². The van der Waals surface area contributed by atoms with Crippen molar-refractivity contribution in [3.8, 4) is 11.3 Å². The summed E-state index contributed by atoms with van der Waals surface area (Å²) in [5, 5.41) is 10.5. The lowest BCUT2D eigenvalue weighted by Gasteiger charge is -2.07. The molecule has 0 aliphatic carbocycles. The highest BCUT2D eigenvalue weighted by molar-refractivity contribution is 6.33. The van der Waals surface area contributed by atoms with Gasteiger partial charge in [0, 0.05) is 17.7 Å². The third-order valence-corrected chi connectivity index (χ3v) is 3.34. The van der Waals surface area contributed by atoms with E-state index < -0.39 is 22.4 Å². The van der Waals surface area contributed by atoms with Gasteiger partial charge in [0.1, 0.15) is 10.8 Å². The summed E-state index contributed by atoms with van der Waals surface area (Å²) in [5.41, 5.74) is -0.895. The van der Waals surface area contributed by atoms with Crippen LogP contribution in [-0.2, 0) is 4.74 Å². The van der Waals surface area contributed by atoms with Gasteiger partial charge in [-0.3, -0.25) is 10.1 Å². The minimum atomic E-state index is -0.818. The minimum absolute atomic E-state index is 0.0120. The van der Waals surface area contributed by atoms with E-state index in [4.69, 9.17) is 23.2 Å². The van der Waals surface area contributed by atoms with Gasteiger partial charge in [-0.05, 0) is 12.1 Å². The zero-order valence-corrected chi connectivity index (χ0v) is 12.5. The molecule has 0 aliphatic heterocycles. The molecule has 22 heavy (non-hydrogen) atoms. The Bertz CT molecular complexity index is 783. The zero-order chi connectivity index (χ0) is 16.4. The first-order valence-electron chi connectivity index (χ1n) is 5.73. The first-order chi connectivity index (χ1) is 10.3. The van der Waals surface area contributed by atoms with Crippen LogP contribution >= 0.6 is 23.2 Å². The lowest BCUT2D eigenvalue weighted by Crippen LogP contribution is -2.06. The molecule has 2 aromatic rings. The van der Waals surface area contributed by atoms with E-state index in [0.717, 1.165) is 19.2 Å². The molecule has 0 atom stereocenters. The van der Waals surface area contributed by atoms with Crippen molar-refractivity contribution in [2.45, 2.75) is 0 Å². The highest BCUT2D eigenvalue weighted by atomic mass is 35.5. The van der Waals surface area contributed by atoms with Crippen LogP contribution < -0.4 is 0 Å². The van der Waals surface area contributed by atoms with Crippen molar-refractivity contribution in [3.05, 3.63) is 55.9 Å². The summed E-state index contributed by atoms with van der Waals surface area (Å²) in [6.07, 6.45) is 0. The Morgan fingerprint density at radius 3 is 2.59 bits per heavy atom. The molecule has 0 N–H and O–H groups in total. The number of esters is 1. The van der Waals surface area contributed by atoms with Crippen LogP contribution in [-0.4, -0.2) is 23.0 Å². The summed E-state index contributed by atoms with van der Waals surface area (Å²) < 4.78 is 18.5. The van der Waals surface area contributed by atoms with Crippen molar-refractivity contribution in [3.63, 3.8) is 0 Å². The van der Waals surface area contributed by atoms with Gasteiger partial charge in [0.15, 0.2) is 5.69 Å². The number of nitro groups is 1. The Kier molecular flexibility index (Phi) is 4.58. The molecule has 0 unspecified atom stereocenters. The molecule has 1 aromatic carbocycles. The average Bonchev–Trinajstić information content (AvgIpc) is 2.47. The number of hydrogen-bond donors (Lipinski definition) is 0. The van der Waals surface area contributed by atoms with Crippen LogP contribution in [0.1, 0.15) is 10.5 Å². The molecule has 0 spiro atoms. The number of pyridine rings is 1. The molecular weight excluding hydrogens is 338 g/mol. The monoisotopic (exact) mass is 344 g/mol. The van der Waals surface area contributed by atoms with Gasteiger partial charge >= 0.3 is 5.97 Å². The number of carbonyl (C=O) groups is 1. The van der Waals surface area contributed by atoms with Crippen molar-refractivity contribution < 1.29 is 18.8 Å². The molecule has 9 heteroatoms. The fourth-order valence-electron chi connectivity index (χ4n) is 1.71. The van der Waals surface area contributed by atoms with Crippen LogP contribution in [0.5, 0.6) is 0 Å². The van der Waals surface area contributed by atoms with E-state index in [0.29, 0.717) is 0 Å². The number of halogens is 3. The Morgan fingerprint density at radius 1 is 1.32 bits per heavy atom. The number of benzene rings is 1. The van der Waals surface area contributed by atoms with Crippen LogP contribution in [0.25, 0.3) is 11.3 Å². The van der Waals surface area contributed by atoms with Gasteiger partial charge in [-0.25, -0.2) is 14.2 Å². The van der Waals surface area contributed by atoms with Gasteiger partial charge < -0.3 is 4.74 Å². The Labute approximate surface area is 133 Å². The van der Waals surface area contributed by atoms with Crippen molar-refractivity contribution >= 4 is 34.9 Å². The van der Waals surface area contributed by atoms with Crippen molar-refractivity contribution in [1.82, 2.24) is 4.98 Å². The molecule has 6 nitrogen and oxygen atoms in total. The first kappa shape index (κ1) is 16.1. The standard InChI is InChI=1S/C13H7Cl2FN2O4/c1-22-13(19)12-7(14)2-3-10(17-12)6-4-11(18(20)21)8(15)5-9(6)16/h2-5H,1H3. The highest BCUT2D eigenvalue weighted by Crippen LogP contribution is 2.33. The van der Waals surface area contributed by atoms with Crippen molar-refractivity contribution in [1.29, 1.82) is 0 Å². The number of ether oxygens (including phenoxy) is 1. The van der Waals surface area contributed by atoms with Gasteiger partial charge in [0.25, 0.3) is 5.69 Å². The van der Waals surface area contributed by atoms with E-state index in [-0.39, 0.29) is 27.0 Å². The Balaban J connectivity index is 2.64. The lowest BCUT2D eigenvalue weighted by molar-refractivity contribution is -0.384. The fourth-order valence-corrected chi connectivity index (χ4v) is 2.11. The summed E-state index contributed by atoms with van der Waals surface area (Å²) in [6.45, 7) is 0. The average molecular weight is 345 g/mol. The van der Waals surface area contributed by atoms with Crippen LogP contribution in [0.2, 0.25) is 10.0 Å². The molecule has 0 radical (unpaired) electrons. The van der Waals surface area contributed by atoms with Gasteiger partial charge in [-0.15, -0.1) is 0 Å². The highest BCUT2D eigenvalue weighted by Gasteiger charge is 2.21.